The molecule has 17 heavy (non-hydrogen) atoms. The summed E-state index contributed by atoms with van der Waals surface area (Å²) in [6, 6.07) is 0.406. The molecule has 1 fully saturated rings. The molecule has 2 rings (SSSR count). The number of hydrogen-bond acceptors (Lipinski definition) is 4. The summed E-state index contributed by atoms with van der Waals surface area (Å²) in [4.78, 5) is 5.86. The van der Waals surface area contributed by atoms with E-state index in [1.807, 2.05) is 0 Å². The van der Waals surface area contributed by atoms with Crippen molar-refractivity contribution in [3.63, 3.8) is 0 Å². The van der Waals surface area contributed by atoms with Gasteiger partial charge in [-0.2, -0.15) is 0 Å². The Kier molecular flexibility index (Phi) is 4.54. The summed E-state index contributed by atoms with van der Waals surface area (Å²) in [5.74, 6) is 0.681. The summed E-state index contributed by atoms with van der Waals surface area (Å²) >= 11 is 1.80. The van der Waals surface area contributed by atoms with E-state index in [-0.39, 0.29) is 0 Å². The van der Waals surface area contributed by atoms with Crippen LogP contribution >= 0.6 is 11.3 Å². The first-order valence-electron chi connectivity index (χ1n) is 6.42. The van der Waals surface area contributed by atoms with E-state index in [2.05, 4.69) is 31.1 Å². The zero-order valence-electron chi connectivity index (χ0n) is 11.0. The Labute approximate surface area is 108 Å². The minimum atomic E-state index is 0.406. The normalized spacial score (nSPS) is 22.6. The zero-order valence-corrected chi connectivity index (χ0v) is 11.8. The lowest BCUT2D eigenvalue weighted by atomic mass is 10.0. The van der Waals surface area contributed by atoms with Gasteiger partial charge in [-0.05, 0) is 39.5 Å². The molecule has 0 radical (unpaired) electrons. The van der Waals surface area contributed by atoms with Gasteiger partial charge < -0.3 is 10.1 Å². The van der Waals surface area contributed by atoms with Gasteiger partial charge in [-0.3, -0.25) is 0 Å². The van der Waals surface area contributed by atoms with E-state index in [1.54, 1.807) is 11.3 Å². The first-order chi connectivity index (χ1) is 8.16. The maximum Gasteiger partial charge on any atom is 0.0900 e. The van der Waals surface area contributed by atoms with E-state index in [0.29, 0.717) is 12.0 Å². The maximum atomic E-state index is 5.50. The van der Waals surface area contributed by atoms with E-state index in [9.17, 15) is 0 Å². The second kappa shape index (κ2) is 5.94. The average Bonchev–Trinajstić information content (AvgIpc) is 2.67. The summed E-state index contributed by atoms with van der Waals surface area (Å²) < 4.78 is 5.50. The first kappa shape index (κ1) is 13.0. The molecular formula is C13H22N2OS. The molecule has 96 valence electrons. The Hall–Kier alpha value is -0.450. The SMILES string of the molecule is Cc1nc(C)c(C(C)NCC2CCCOC2)s1. The van der Waals surface area contributed by atoms with Crippen LogP contribution in [0.3, 0.4) is 0 Å². The molecule has 1 aromatic heterocycles. The fourth-order valence-electron chi connectivity index (χ4n) is 2.35. The Bertz CT molecular complexity index is 358. The largest absolute Gasteiger partial charge is 0.381 e. The van der Waals surface area contributed by atoms with E-state index in [1.165, 1.54) is 23.4 Å². The third-order valence-electron chi connectivity index (χ3n) is 3.30. The van der Waals surface area contributed by atoms with Gasteiger partial charge >= 0.3 is 0 Å². The predicted molar refractivity (Wildman–Crippen MR) is 71.5 cm³/mol. The van der Waals surface area contributed by atoms with Gasteiger partial charge in [0, 0.05) is 24.1 Å². The van der Waals surface area contributed by atoms with Crippen molar-refractivity contribution in [3.05, 3.63) is 15.6 Å². The lowest BCUT2D eigenvalue weighted by Crippen LogP contribution is -2.30. The molecule has 1 aliphatic rings. The van der Waals surface area contributed by atoms with E-state index >= 15 is 0 Å². The number of ether oxygens (including phenoxy) is 1. The summed E-state index contributed by atoms with van der Waals surface area (Å²) in [6.07, 6.45) is 2.50. The lowest BCUT2D eigenvalue weighted by molar-refractivity contribution is 0.0540. The van der Waals surface area contributed by atoms with E-state index < -0.39 is 0 Å². The van der Waals surface area contributed by atoms with Crippen molar-refractivity contribution in [1.82, 2.24) is 10.3 Å². The topological polar surface area (TPSA) is 34.2 Å². The molecule has 3 nitrogen and oxygen atoms in total. The highest BCUT2D eigenvalue weighted by Crippen LogP contribution is 2.24. The van der Waals surface area contributed by atoms with Crippen LogP contribution in [0, 0.1) is 19.8 Å². The maximum absolute atomic E-state index is 5.50. The molecule has 1 N–H and O–H groups in total. The van der Waals surface area contributed by atoms with E-state index in [0.717, 1.165) is 24.8 Å². The quantitative estimate of drug-likeness (QED) is 0.897. The zero-order chi connectivity index (χ0) is 12.3. The summed E-state index contributed by atoms with van der Waals surface area (Å²) in [7, 11) is 0. The molecule has 0 aliphatic carbocycles. The molecule has 0 spiro atoms. The van der Waals surface area contributed by atoms with Gasteiger partial charge in [-0.15, -0.1) is 11.3 Å². The lowest BCUT2D eigenvalue weighted by Gasteiger charge is -2.24. The van der Waals surface area contributed by atoms with Crippen LogP contribution in [0.1, 0.15) is 41.4 Å². The standard InChI is InChI=1S/C13H22N2OS/c1-9(13-10(2)15-11(3)17-13)14-7-12-5-4-6-16-8-12/h9,12,14H,4-8H2,1-3H3. The van der Waals surface area contributed by atoms with Gasteiger partial charge in [-0.25, -0.2) is 4.98 Å². The summed E-state index contributed by atoms with van der Waals surface area (Å²) in [5, 5.41) is 4.77. The minimum Gasteiger partial charge on any atom is -0.381 e. The number of aryl methyl sites for hydroxylation is 2. The van der Waals surface area contributed by atoms with Crippen LogP contribution in [0.4, 0.5) is 0 Å². The molecule has 2 unspecified atom stereocenters. The Morgan fingerprint density at radius 3 is 2.94 bits per heavy atom. The van der Waals surface area contributed by atoms with Gasteiger partial charge in [0.05, 0.1) is 17.3 Å². The fraction of sp³-hybridized carbons (Fsp3) is 0.769. The van der Waals surface area contributed by atoms with Gasteiger partial charge in [0.15, 0.2) is 0 Å². The molecular weight excluding hydrogens is 232 g/mol. The number of nitrogens with zero attached hydrogens (tertiary/aromatic N) is 1. The summed E-state index contributed by atoms with van der Waals surface area (Å²) in [5.41, 5.74) is 1.17. The van der Waals surface area contributed by atoms with Crippen molar-refractivity contribution in [3.8, 4) is 0 Å². The van der Waals surface area contributed by atoms with Crippen molar-refractivity contribution in [1.29, 1.82) is 0 Å². The highest BCUT2D eigenvalue weighted by molar-refractivity contribution is 7.11. The molecule has 0 aromatic carbocycles. The van der Waals surface area contributed by atoms with Crippen molar-refractivity contribution in [2.45, 2.75) is 39.7 Å². The van der Waals surface area contributed by atoms with Crippen LogP contribution in [-0.2, 0) is 4.74 Å². The number of aromatic nitrogens is 1. The predicted octanol–water partition coefficient (Wildman–Crippen LogP) is 2.84. The van der Waals surface area contributed by atoms with Gasteiger partial charge in [0.1, 0.15) is 0 Å². The fourth-order valence-corrected chi connectivity index (χ4v) is 3.31. The first-order valence-corrected chi connectivity index (χ1v) is 7.23. The Morgan fingerprint density at radius 2 is 2.35 bits per heavy atom. The van der Waals surface area contributed by atoms with Gasteiger partial charge in [0.25, 0.3) is 0 Å². The molecule has 1 aliphatic heterocycles. The minimum absolute atomic E-state index is 0.406. The van der Waals surface area contributed by atoms with Crippen LogP contribution < -0.4 is 5.32 Å². The van der Waals surface area contributed by atoms with Crippen molar-refractivity contribution >= 4 is 11.3 Å². The third kappa shape index (κ3) is 3.50. The Balaban J connectivity index is 1.84. The molecule has 0 saturated carbocycles. The molecule has 1 saturated heterocycles. The molecule has 2 atom stereocenters. The highest BCUT2D eigenvalue weighted by Gasteiger charge is 2.17. The van der Waals surface area contributed by atoms with Crippen molar-refractivity contribution in [2.24, 2.45) is 5.92 Å². The smallest absolute Gasteiger partial charge is 0.0900 e. The Morgan fingerprint density at radius 1 is 1.53 bits per heavy atom. The summed E-state index contributed by atoms with van der Waals surface area (Å²) in [6.45, 7) is 9.31. The van der Waals surface area contributed by atoms with Crippen LogP contribution in [0.15, 0.2) is 0 Å². The monoisotopic (exact) mass is 254 g/mol. The molecule has 1 aromatic rings. The number of hydrogen-bond donors (Lipinski definition) is 1. The molecule has 0 amide bonds. The van der Waals surface area contributed by atoms with E-state index in [4.69, 9.17) is 4.74 Å². The molecule has 0 bridgehead atoms. The van der Waals surface area contributed by atoms with Crippen LogP contribution in [-0.4, -0.2) is 24.7 Å². The number of nitrogens with one attached hydrogen (secondary N) is 1. The van der Waals surface area contributed by atoms with Crippen LogP contribution in [0.2, 0.25) is 0 Å². The third-order valence-corrected chi connectivity index (χ3v) is 4.56. The average molecular weight is 254 g/mol. The number of rotatable bonds is 4. The second-order valence-electron chi connectivity index (χ2n) is 4.90. The van der Waals surface area contributed by atoms with Gasteiger partial charge in [-0.1, -0.05) is 0 Å². The molecule has 2 heterocycles. The highest BCUT2D eigenvalue weighted by atomic mass is 32.1. The van der Waals surface area contributed by atoms with Gasteiger partial charge in [0.2, 0.25) is 0 Å². The van der Waals surface area contributed by atoms with Crippen LogP contribution in [0.25, 0.3) is 0 Å². The second-order valence-corrected chi connectivity index (χ2v) is 6.13. The van der Waals surface area contributed by atoms with Crippen LogP contribution in [0.5, 0.6) is 0 Å². The van der Waals surface area contributed by atoms with Crippen molar-refractivity contribution < 1.29 is 4.74 Å². The van der Waals surface area contributed by atoms with Crippen molar-refractivity contribution in [2.75, 3.05) is 19.8 Å². The molecule has 4 heteroatoms. The number of thiazole rings is 1.